The zero-order chi connectivity index (χ0) is 11.4. The van der Waals surface area contributed by atoms with Gasteiger partial charge < -0.3 is 5.73 Å². The fourth-order valence-electron chi connectivity index (χ4n) is 0.754. The number of hydrazone groups is 1. The summed E-state index contributed by atoms with van der Waals surface area (Å²) < 4.78 is 0.966. The average molecular weight is 290 g/mol. The van der Waals surface area contributed by atoms with Crippen LogP contribution in [0.1, 0.15) is 11.8 Å². The summed E-state index contributed by atoms with van der Waals surface area (Å²) >= 11 is 4.78. The van der Waals surface area contributed by atoms with Crippen LogP contribution in [-0.4, -0.2) is 17.5 Å². The van der Waals surface area contributed by atoms with Crippen molar-refractivity contribution in [3.8, 4) is 0 Å². The molecule has 2 amide bonds. The summed E-state index contributed by atoms with van der Waals surface area (Å²) in [4.78, 5) is 22.1. The lowest BCUT2D eigenvalue weighted by Crippen LogP contribution is -2.33. The Morgan fingerprint density at radius 2 is 2.20 bits per heavy atom. The molecule has 1 aromatic heterocycles. The molecular weight excluding hydrogens is 282 g/mol. The molecule has 15 heavy (non-hydrogen) atoms. The Morgan fingerprint density at radius 1 is 1.53 bits per heavy atom. The second kappa shape index (κ2) is 5.04. The van der Waals surface area contributed by atoms with Gasteiger partial charge in [0.25, 0.3) is 0 Å². The number of hydrogen-bond donors (Lipinski definition) is 2. The molecule has 0 aromatic carbocycles. The molecule has 0 fully saturated rings. The third-order valence-electron chi connectivity index (χ3n) is 1.48. The minimum absolute atomic E-state index is 0.611. The number of halogens is 1. The summed E-state index contributed by atoms with van der Waals surface area (Å²) in [5, 5.41) is 3.73. The minimum Gasteiger partial charge on any atom is -0.361 e. The topological polar surface area (TPSA) is 84.6 Å². The van der Waals surface area contributed by atoms with E-state index in [1.807, 2.05) is 12.1 Å². The Morgan fingerprint density at radius 3 is 2.67 bits per heavy atom. The number of nitrogens with two attached hydrogens (primary N) is 1. The molecule has 0 aliphatic heterocycles. The van der Waals surface area contributed by atoms with Crippen LogP contribution in [0.2, 0.25) is 0 Å². The van der Waals surface area contributed by atoms with Gasteiger partial charge in [0.2, 0.25) is 0 Å². The molecule has 0 unspecified atom stereocenters. The number of hydrogen-bond acceptors (Lipinski definition) is 4. The first kappa shape index (κ1) is 11.9. The molecule has 0 aliphatic rings. The predicted molar refractivity (Wildman–Crippen MR) is 61.6 cm³/mol. The van der Waals surface area contributed by atoms with Crippen molar-refractivity contribution < 1.29 is 9.59 Å². The normalized spacial score (nSPS) is 11.2. The summed E-state index contributed by atoms with van der Waals surface area (Å²) in [5.41, 5.74) is 7.41. The molecule has 0 saturated heterocycles. The average Bonchev–Trinajstić information content (AvgIpc) is 2.60. The molecule has 3 N–H and O–H groups in total. The molecule has 0 bridgehead atoms. The molecule has 0 saturated carbocycles. The molecule has 0 atom stereocenters. The predicted octanol–water partition coefficient (Wildman–Crippen LogP) is 0.836. The van der Waals surface area contributed by atoms with Gasteiger partial charge >= 0.3 is 11.8 Å². The Kier molecular flexibility index (Phi) is 3.98. The maximum absolute atomic E-state index is 10.8. The van der Waals surface area contributed by atoms with Crippen LogP contribution >= 0.6 is 27.3 Å². The van der Waals surface area contributed by atoms with Gasteiger partial charge in [0.05, 0.1) is 14.4 Å². The van der Waals surface area contributed by atoms with Crippen LogP contribution in [0.4, 0.5) is 0 Å². The maximum atomic E-state index is 10.8. The van der Waals surface area contributed by atoms with Crippen molar-refractivity contribution in [3.05, 3.63) is 20.8 Å². The number of primary amides is 1. The molecule has 1 heterocycles. The lowest BCUT2D eigenvalue weighted by atomic mass is 10.3. The zero-order valence-electron chi connectivity index (χ0n) is 7.78. The fraction of sp³-hybridized carbons (Fsp3) is 0.125. The highest BCUT2D eigenvalue weighted by Crippen LogP contribution is 2.22. The van der Waals surface area contributed by atoms with Crippen LogP contribution in [0, 0.1) is 0 Å². The second-order valence-corrected chi connectivity index (χ2v) is 5.07. The molecule has 0 radical (unpaired) electrons. The van der Waals surface area contributed by atoms with Gasteiger partial charge in [-0.2, -0.15) is 5.10 Å². The van der Waals surface area contributed by atoms with Crippen molar-refractivity contribution in [2.24, 2.45) is 10.8 Å². The smallest absolute Gasteiger partial charge is 0.329 e. The van der Waals surface area contributed by atoms with Crippen LogP contribution in [0.25, 0.3) is 0 Å². The van der Waals surface area contributed by atoms with Gasteiger partial charge in [0.15, 0.2) is 0 Å². The van der Waals surface area contributed by atoms with Crippen molar-refractivity contribution in [1.29, 1.82) is 0 Å². The lowest BCUT2D eigenvalue weighted by Gasteiger charge is -1.97. The molecule has 5 nitrogen and oxygen atoms in total. The summed E-state index contributed by atoms with van der Waals surface area (Å²) in [6.07, 6.45) is 0. The Hall–Kier alpha value is -1.21. The summed E-state index contributed by atoms with van der Waals surface area (Å²) in [5.74, 6) is -1.98. The van der Waals surface area contributed by atoms with Crippen LogP contribution in [-0.2, 0) is 9.59 Å². The van der Waals surface area contributed by atoms with Gasteiger partial charge in [-0.1, -0.05) is 0 Å². The van der Waals surface area contributed by atoms with Gasteiger partial charge in [0.1, 0.15) is 0 Å². The van der Waals surface area contributed by atoms with Crippen molar-refractivity contribution in [2.45, 2.75) is 6.92 Å². The number of carbonyl (C=O) groups excluding carboxylic acids is 2. The fourth-order valence-corrected chi connectivity index (χ4v) is 2.08. The number of thiophene rings is 1. The van der Waals surface area contributed by atoms with E-state index >= 15 is 0 Å². The molecule has 0 spiro atoms. The first-order valence-corrected chi connectivity index (χ1v) is 5.51. The van der Waals surface area contributed by atoms with Gasteiger partial charge in [-0.3, -0.25) is 9.59 Å². The van der Waals surface area contributed by atoms with E-state index in [4.69, 9.17) is 5.73 Å². The highest BCUT2D eigenvalue weighted by molar-refractivity contribution is 9.11. The van der Waals surface area contributed by atoms with E-state index in [1.54, 1.807) is 6.92 Å². The van der Waals surface area contributed by atoms with Crippen molar-refractivity contribution in [1.82, 2.24) is 5.43 Å². The van der Waals surface area contributed by atoms with E-state index in [2.05, 4.69) is 26.5 Å². The second-order valence-electron chi connectivity index (χ2n) is 2.61. The first-order chi connectivity index (χ1) is 7.00. The SMILES string of the molecule is C/C(=N\NC(=O)C(N)=O)c1ccc(Br)s1. The highest BCUT2D eigenvalue weighted by Gasteiger charge is 2.07. The van der Waals surface area contributed by atoms with E-state index in [0.29, 0.717) is 5.71 Å². The van der Waals surface area contributed by atoms with Crippen LogP contribution < -0.4 is 11.2 Å². The van der Waals surface area contributed by atoms with E-state index < -0.39 is 11.8 Å². The number of nitrogens with zero attached hydrogens (tertiary/aromatic N) is 1. The van der Waals surface area contributed by atoms with E-state index in [1.165, 1.54) is 11.3 Å². The van der Waals surface area contributed by atoms with E-state index in [-0.39, 0.29) is 0 Å². The van der Waals surface area contributed by atoms with Crippen molar-refractivity contribution in [3.63, 3.8) is 0 Å². The van der Waals surface area contributed by atoms with Crippen LogP contribution in [0.3, 0.4) is 0 Å². The summed E-state index contributed by atoms with van der Waals surface area (Å²) in [6, 6.07) is 3.72. The molecule has 7 heteroatoms. The largest absolute Gasteiger partial charge is 0.361 e. The summed E-state index contributed by atoms with van der Waals surface area (Å²) in [6.45, 7) is 1.72. The summed E-state index contributed by atoms with van der Waals surface area (Å²) in [7, 11) is 0. The molecule has 1 rings (SSSR count). The van der Waals surface area contributed by atoms with Gasteiger partial charge in [-0.25, -0.2) is 5.43 Å². The standard InChI is InChI=1S/C8H8BrN3O2S/c1-4(5-2-3-6(9)15-5)11-12-8(14)7(10)13/h2-3H,1H3,(H2,10,13)(H,12,14)/b11-4+. The van der Waals surface area contributed by atoms with Gasteiger partial charge in [0, 0.05) is 0 Å². The van der Waals surface area contributed by atoms with Gasteiger partial charge in [-0.05, 0) is 35.0 Å². The Labute approximate surface area is 98.5 Å². The quantitative estimate of drug-likeness (QED) is 0.480. The number of rotatable bonds is 2. The molecule has 1 aromatic rings. The third kappa shape index (κ3) is 3.45. The van der Waals surface area contributed by atoms with E-state index in [9.17, 15) is 9.59 Å². The van der Waals surface area contributed by atoms with Crippen molar-refractivity contribution >= 4 is 44.8 Å². The molecule has 0 aliphatic carbocycles. The molecular formula is C8H8BrN3O2S. The Bertz CT molecular complexity index is 427. The number of amides is 2. The zero-order valence-corrected chi connectivity index (χ0v) is 10.2. The highest BCUT2D eigenvalue weighted by atomic mass is 79.9. The van der Waals surface area contributed by atoms with Crippen LogP contribution in [0.15, 0.2) is 21.0 Å². The molecule has 80 valence electrons. The minimum atomic E-state index is -1.06. The number of nitrogens with one attached hydrogen (secondary N) is 1. The first-order valence-electron chi connectivity index (χ1n) is 3.90. The van der Waals surface area contributed by atoms with Crippen molar-refractivity contribution in [2.75, 3.05) is 0 Å². The lowest BCUT2D eigenvalue weighted by molar-refractivity contribution is -0.137. The monoisotopic (exact) mass is 289 g/mol. The van der Waals surface area contributed by atoms with Gasteiger partial charge in [-0.15, -0.1) is 11.3 Å². The third-order valence-corrected chi connectivity index (χ3v) is 3.21. The van der Waals surface area contributed by atoms with Crippen LogP contribution in [0.5, 0.6) is 0 Å². The maximum Gasteiger partial charge on any atom is 0.329 e. The number of carbonyl (C=O) groups is 2. The van der Waals surface area contributed by atoms with E-state index in [0.717, 1.165) is 8.66 Å². The Balaban J connectivity index is 2.69.